The van der Waals surface area contributed by atoms with Crippen molar-refractivity contribution in [3.05, 3.63) is 66.0 Å². The molecule has 1 aliphatic heterocycles. The maximum atomic E-state index is 13.9. The van der Waals surface area contributed by atoms with Crippen LogP contribution in [0.1, 0.15) is 57.7 Å². The van der Waals surface area contributed by atoms with Crippen LogP contribution in [0, 0.1) is 5.92 Å². The number of nitrogens with zero attached hydrogens (tertiary/aromatic N) is 2. The van der Waals surface area contributed by atoms with Crippen molar-refractivity contribution in [2.75, 3.05) is 13.1 Å². The fraction of sp³-hybridized carbons (Fsp3) is 0.500. The summed E-state index contributed by atoms with van der Waals surface area (Å²) < 4.78 is 32.9. The number of carbonyl (C=O) groups is 5. The van der Waals surface area contributed by atoms with Crippen LogP contribution in [-0.2, 0) is 36.9 Å². The number of aromatic nitrogens is 1. The van der Waals surface area contributed by atoms with E-state index in [0.717, 1.165) is 0 Å². The fourth-order valence-corrected chi connectivity index (χ4v) is 5.25. The Morgan fingerprint density at radius 2 is 1.64 bits per heavy atom. The molecule has 1 aromatic carbocycles. The van der Waals surface area contributed by atoms with Gasteiger partial charge in [-0.1, -0.05) is 36.4 Å². The molecule has 2 aromatic rings. The van der Waals surface area contributed by atoms with Crippen molar-refractivity contribution in [1.82, 2.24) is 25.8 Å². The molecule has 45 heavy (non-hydrogen) atoms. The molecule has 2 heterocycles. The number of Topliss-reactive ketones (excluding diaryl/α,β-unsaturated/α-hetero) is 1. The first-order chi connectivity index (χ1) is 21.2. The van der Waals surface area contributed by atoms with Gasteiger partial charge in [-0.05, 0) is 51.3 Å². The number of pyridine rings is 1. The number of nitrogens with one attached hydrogen (secondary N) is 3. The molecule has 0 bridgehead atoms. The first kappa shape index (κ1) is 33.5. The maximum absolute atomic E-state index is 13.9. The van der Waals surface area contributed by atoms with E-state index in [1.54, 1.807) is 75.5 Å². The molecule has 1 aromatic heterocycles. The first-order valence-electron chi connectivity index (χ1n) is 14.9. The van der Waals surface area contributed by atoms with Gasteiger partial charge in [0.2, 0.25) is 23.5 Å². The predicted molar refractivity (Wildman–Crippen MR) is 159 cm³/mol. The van der Waals surface area contributed by atoms with E-state index < -0.39 is 71.5 Å². The number of rotatable bonds is 10. The molecular formula is C32H39F2N5O6. The Hall–Kier alpha value is -4.42. The SMILES string of the molecule is CC(C)(C)OC(=O)N1CC(NC(=O)C2CCC(F)(F)CC2)(C(=O)N[C@H](Cc2ccccc2)C(=O)C(=O)NCc2ccccn2)C1. The third-order valence-corrected chi connectivity index (χ3v) is 7.74. The third kappa shape index (κ3) is 9.05. The van der Waals surface area contributed by atoms with Gasteiger partial charge in [0.05, 0.1) is 25.3 Å². The van der Waals surface area contributed by atoms with E-state index in [2.05, 4.69) is 20.9 Å². The Morgan fingerprint density at radius 3 is 2.24 bits per heavy atom. The van der Waals surface area contributed by atoms with Crippen molar-refractivity contribution in [3.63, 3.8) is 0 Å². The minimum absolute atomic E-state index is 0.0112. The number of hydrogen-bond donors (Lipinski definition) is 3. The van der Waals surface area contributed by atoms with E-state index in [4.69, 9.17) is 4.74 Å². The number of benzene rings is 1. The van der Waals surface area contributed by atoms with E-state index in [1.165, 1.54) is 4.90 Å². The minimum Gasteiger partial charge on any atom is -0.444 e. The Balaban J connectivity index is 1.53. The monoisotopic (exact) mass is 627 g/mol. The normalized spacial score (nSPS) is 18.1. The van der Waals surface area contributed by atoms with Crippen LogP contribution in [0.25, 0.3) is 0 Å². The second-order valence-corrected chi connectivity index (χ2v) is 12.6. The van der Waals surface area contributed by atoms with Crippen LogP contribution in [0.5, 0.6) is 0 Å². The molecule has 2 aliphatic rings. The molecule has 11 nitrogen and oxygen atoms in total. The Labute approximate surface area is 260 Å². The molecule has 1 atom stereocenters. The highest BCUT2D eigenvalue weighted by atomic mass is 19.3. The molecule has 13 heteroatoms. The first-order valence-corrected chi connectivity index (χ1v) is 14.9. The zero-order chi connectivity index (χ0) is 32.8. The van der Waals surface area contributed by atoms with Gasteiger partial charge in [0, 0.05) is 31.4 Å². The molecule has 1 saturated heterocycles. The topological polar surface area (TPSA) is 147 Å². The molecule has 1 saturated carbocycles. The van der Waals surface area contributed by atoms with Crippen molar-refractivity contribution >= 4 is 29.6 Å². The lowest BCUT2D eigenvalue weighted by molar-refractivity contribution is -0.146. The minimum atomic E-state index is -2.85. The molecule has 4 rings (SSSR count). The van der Waals surface area contributed by atoms with Gasteiger partial charge in [0.1, 0.15) is 11.6 Å². The predicted octanol–water partition coefficient (Wildman–Crippen LogP) is 2.93. The van der Waals surface area contributed by atoms with E-state index >= 15 is 0 Å². The number of carbonyl (C=O) groups excluding carboxylic acids is 5. The molecule has 4 amide bonds. The highest BCUT2D eigenvalue weighted by Crippen LogP contribution is 2.37. The lowest BCUT2D eigenvalue weighted by Crippen LogP contribution is -2.78. The largest absolute Gasteiger partial charge is 0.444 e. The zero-order valence-corrected chi connectivity index (χ0v) is 25.6. The van der Waals surface area contributed by atoms with Crippen LogP contribution < -0.4 is 16.0 Å². The number of hydrogen-bond acceptors (Lipinski definition) is 7. The molecular weight excluding hydrogens is 588 g/mol. The van der Waals surface area contributed by atoms with Gasteiger partial charge in [-0.25, -0.2) is 13.6 Å². The highest BCUT2D eigenvalue weighted by molar-refractivity contribution is 6.38. The summed E-state index contributed by atoms with van der Waals surface area (Å²) in [5.41, 5.74) is -1.29. The quantitative estimate of drug-likeness (QED) is 0.343. The number of likely N-dealkylation sites (tertiary alicyclic amines) is 1. The second kappa shape index (κ2) is 13.7. The van der Waals surface area contributed by atoms with Crippen LogP contribution in [0.3, 0.4) is 0 Å². The Kier molecular flexibility index (Phi) is 10.2. The van der Waals surface area contributed by atoms with E-state index in [1.807, 2.05) is 0 Å². The molecule has 0 spiro atoms. The van der Waals surface area contributed by atoms with Crippen LogP contribution in [0.2, 0.25) is 0 Å². The van der Waals surface area contributed by atoms with Gasteiger partial charge in [-0.3, -0.25) is 24.2 Å². The average molecular weight is 628 g/mol. The third-order valence-electron chi connectivity index (χ3n) is 7.74. The molecule has 242 valence electrons. The van der Waals surface area contributed by atoms with Crippen molar-refractivity contribution in [2.45, 2.75) is 82.5 Å². The lowest BCUT2D eigenvalue weighted by Gasteiger charge is -2.49. The smallest absolute Gasteiger partial charge is 0.410 e. The average Bonchev–Trinajstić information content (AvgIpc) is 2.96. The summed E-state index contributed by atoms with van der Waals surface area (Å²) in [6, 6.07) is 12.6. The Morgan fingerprint density at radius 1 is 1.00 bits per heavy atom. The number of ether oxygens (including phenoxy) is 1. The summed E-state index contributed by atoms with van der Waals surface area (Å²) in [7, 11) is 0. The number of alkyl halides is 2. The van der Waals surface area contributed by atoms with E-state index in [0.29, 0.717) is 11.3 Å². The van der Waals surface area contributed by atoms with Crippen molar-refractivity contribution in [2.24, 2.45) is 5.92 Å². The lowest BCUT2D eigenvalue weighted by atomic mass is 9.83. The molecule has 1 aliphatic carbocycles. The summed E-state index contributed by atoms with van der Waals surface area (Å²) in [6.45, 7) is 4.49. The molecule has 2 fully saturated rings. The second-order valence-electron chi connectivity index (χ2n) is 12.6. The summed E-state index contributed by atoms with van der Waals surface area (Å²) in [5.74, 6) is -6.83. The summed E-state index contributed by atoms with van der Waals surface area (Å²) >= 11 is 0. The van der Waals surface area contributed by atoms with Gasteiger partial charge < -0.3 is 25.6 Å². The highest BCUT2D eigenvalue weighted by Gasteiger charge is 2.54. The number of halogens is 2. The summed E-state index contributed by atoms with van der Waals surface area (Å²) in [6.07, 6.45) is -0.197. The molecule has 0 unspecified atom stereocenters. The van der Waals surface area contributed by atoms with E-state index in [9.17, 15) is 32.8 Å². The summed E-state index contributed by atoms with van der Waals surface area (Å²) in [5, 5.41) is 7.86. The van der Waals surface area contributed by atoms with Gasteiger partial charge in [-0.15, -0.1) is 0 Å². The van der Waals surface area contributed by atoms with Crippen molar-refractivity contribution in [3.8, 4) is 0 Å². The number of ketones is 1. The van der Waals surface area contributed by atoms with Gasteiger partial charge in [0.15, 0.2) is 5.54 Å². The van der Waals surface area contributed by atoms with Crippen molar-refractivity contribution < 1.29 is 37.5 Å². The van der Waals surface area contributed by atoms with Gasteiger partial charge >= 0.3 is 6.09 Å². The van der Waals surface area contributed by atoms with Crippen molar-refractivity contribution in [1.29, 1.82) is 0 Å². The fourth-order valence-electron chi connectivity index (χ4n) is 5.25. The van der Waals surface area contributed by atoms with Gasteiger partial charge in [0.25, 0.3) is 5.91 Å². The van der Waals surface area contributed by atoms with Crippen LogP contribution in [-0.4, -0.2) is 75.7 Å². The van der Waals surface area contributed by atoms with Crippen LogP contribution >= 0.6 is 0 Å². The van der Waals surface area contributed by atoms with Crippen LogP contribution in [0.4, 0.5) is 13.6 Å². The Bertz CT molecular complexity index is 1380. The molecule has 0 radical (unpaired) electrons. The maximum Gasteiger partial charge on any atom is 0.410 e. The zero-order valence-electron chi connectivity index (χ0n) is 25.6. The standard InChI is InChI=1S/C32H39F2N5O6/c1-30(2,3)45-29(44)39-19-31(20-39,38-26(41)22-12-14-32(33,34)15-13-22)28(43)37-24(17-21-9-5-4-6-10-21)25(40)27(42)36-18-23-11-7-8-16-35-23/h4-11,16,22,24H,12-15,17-20H2,1-3H3,(H,36,42)(H,37,43)(H,38,41)/t24-/m1/s1. The van der Waals surface area contributed by atoms with Gasteiger partial charge in [-0.2, -0.15) is 0 Å². The number of amides is 4. The molecule has 3 N–H and O–H groups in total. The van der Waals surface area contributed by atoms with Crippen LogP contribution in [0.15, 0.2) is 54.7 Å². The van der Waals surface area contributed by atoms with E-state index in [-0.39, 0.29) is 38.9 Å². The summed E-state index contributed by atoms with van der Waals surface area (Å²) in [4.78, 5) is 71.6.